The maximum atomic E-state index is 4.04. The number of aromatic amines is 1. The molecule has 1 heterocycles. The second kappa shape index (κ2) is 6.80. The van der Waals surface area contributed by atoms with Crippen molar-refractivity contribution >= 4 is 0 Å². The third-order valence-corrected chi connectivity index (χ3v) is 3.37. The molecule has 0 unspecified atom stereocenters. The topological polar surface area (TPSA) is 31.9 Å². The van der Waals surface area contributed by atoms with Crippen LogP contribution >= 0.6 is 0 Å². The highest BCUT2D eigenvalue weighted by Gasteiger charge is 2.17. The molecule has 0 saturated heterocycles. The Labute approximate surface area is 106 Å². The minimum atomic E-state index is 0.470. The van der Waals surface area contributed by atoms with Gasteiger partial charge in [-0.05, 0) is 31.8 Å². The van der Waals surface area contributed by atoms with Crippen LogP contribution in [0.2, 0.25) is 0 Å². The smallest absolute Gasteiger partial charge is 0.0922 e. The fourth-order valence-electron chi connectivity index (χ4n) is 2.01. The zero-order valence-corrected chi connectivity index (χ0v) is 11.8. The first-order chi connectivity index (χ1) is 8.03. The highest BCUT2D eigenvalue weighted by molar-refractivity contribution is 4.93. The Morgan fingerprint density at radius 2 is 2.12 bits per heavy atom. The molecule has 0 radical (unpaired) electrons. The summed E-state index contributed by atoms with van der Waals surface area (Å²) in [6, 6.07) is 0. The quantitative estimate of drug-likeness (QED) is 0.751. The number of hydrogen-bond donors (Lipinski definition) is 1. The SMILES string of the molecule is CCCCC(C)(C)CCN(C)Cc1cnc[nH]1. The summed E-state index contributed by atoms with van der Waals surface area (Å²) in [5, 5.41) is 0. The number of aromatic nitrogens is 2. The largest absolute Gasteiger partial charge is 0.347 e. The van der Waals surface area contributed by atoms with E-state index in [4.69, 9.17) is 0 Å². The first-order valence-corrected chi connectivity index (χ1v) is 6.69. The van der Waals surface area contributed by atoms with E-state index < -0.39 is 0 Å². The monoisotopic (exact) mass is 237 g/mol. The Morgan fingerprint density at radius 3 is 2.71 bits per heavy atom. The summed E-state index contributed by atoms with van der Waals surface area (Å²) in [4.78, 5) is 9.55. The van der Waals surface area contributed by atoms with Crippen LogP contribution in [0.15, 0.2) is 12.5 Å². The van der Waals surface area contributed by atoms with Gasteiger partial charge < -0.3 is 9.88 Å². The van der Waals surface area contributed by atoms with Gasteiger partial charge in [0.05, 0.1) is 6.33 Å². The molecule has 0 saturated carbocycles. The molecule has 3 nitrogen and oxygen atoms in total. The average Bonchev–Trinajstić information content (AvgIpc) is 2.77. The second-order valence-corrected chi connectivity index (χ2v) is 5.83. The maximum Gasteiger partial charge on any atom is 0.0922 e. The molecular formula is C14H27N3. The number of hydrogen-bond acceptors (Lipinski definition) is 2. The van der Waals surface area contributed by atoms with E-state index in [-0.39, 0.29) is 0 Å². The molecule has 1 aromatic rings. The van der Waals surface area contributed by atoms with E-state index in [0.29, 0.717) is 5.41 Å². The molecule has 3 heteroatoms. The Morgan fingerprint density at radius 1 is 1.35 bits per heavy atom. The number of nitrogens with zero attached hydrogens (tertiary/aromatic N) is 2. The van der Waals surface area contributed by atoms with Crippen molar-refractivity contribution in [1.82, 2.24) is 14.9 Å². The lowest BCUT2D eigenvalue weighted by Crippen LogP contribution is -2.24. The number of nitrogens with one attached hydrogen (secondary N) is 1. The molecule has 0 aliphatic heterocycles. The van der Waals surface area contributed by atoms with Crippen molar-refractivity contribution < 1.29 is 0 Å². The van der Waals surface area contributed by atoms with Gasteiger partial charge in [0.2, 0.25) is 0 Å². The van der Waals surface area contributed by atoms with Crippen molar-refractivity contribution in [1.29, 1.82) is 0 Å². The summed E-state index contributed by atoms with van der Waals surface area (Å²) in [6.45, 7) is 9.14. The van der Waals surface area contributed by atoms with Gasteiger partial charge in [-0.3, -0.25) is 0 Å². The fraction of sp³-hybridized carbons (Fsp3) is 0.786. The van der Waals surface area contributed by atoms with Gasteiger partial charge in [0.15, 0.2) is 0 Å². The van der Waals surface area contributed by atoms with Crippen molar-refractivity contribution in [3.8, 4) is 0 Å². The standard InChI is InChI=1S/C14H27N3/c1-5-6-7-14(2,3)8-9-17(4)11-13-10-15-12-16-13/h10,12H,5-9,11H2,1-4H3,(H,15,16). The summed E-state index contributed by atoms with van der Waals surface area (Å²) in [5.74, 6) is 0. The number of imidazole rings is 1. The normalized spacial score (nSPS) is 12.3. The van der Waals surface area contributed by atoms with Crippen molar-refractivity contribution in [3.63, 3.8) is 0 Å². The first kappa shape index (κ1) is 14.2. The predicted octanol–water partition coefficient (Wildman–Crippen LogP) is 3.45. The van der Waals surface area contributed by atoms with E-state index in [0.717, 1.165) is 13.1 Å². The number of rotatable bonds is 8. The van der Waals surface area contributed by atoms with Gasteiger partial charge >= 0.3 is 0 Å². The lowest BCUT2D eigenvalue weighted by molar-refractivity contribution is 0.227. The average molecular weight is 237 g/mol. The third-order valence-electron chi connectivity index (χ3n) is 3.37. The van der Waals surface area contributed by atoms with Crippen LogP contribution in [0.4, 0.5) is 0 Å². The Kier molecular flexibility index (Phi) is 5.69. The van der Waals surface area contributed by atoms with Crippen LogP contribution < -0.4 is 0 Å². The summed E-state index contributed by atoms with van der Waals surface area (Å²) in [6.07, 6.45) is 8.89. The zero-order valence-electron chi connectivity index (χ0n) is 11.8. The molecule has 98 valence electrons. The summed E-state index contributed by atoms with van der Waals surface area (Å²) < 4.78 is 0. The molecule has 1 rings (SSSR count). The minimum Gasteiger partial charge on any atom is -0.347 e. The van der Waals surface area contributed by atoms with Gasteiger partial charge in [-0.2, -0.15) is 0 Å². The van der Waals surface area contributed by atoms with Crippen molar-refractivity contribution in [2.24, 2.45) is 5.41 Å². The van der Waals surface area contributed by atoms with Crippen LogP contribution in [0.25, 0.3) is 0 Å². The van der Waals surface area contributed by atoms with E-state index in [9.17, 15) is 0 Å². The molecule has 17 heavy (non-hydrogen) atoms. The van der Waals surface area contributed by atoms with Crippen LogP contribution in [-0.4, -0.2) is 28.5 Å². The fourth-order valence-corrected chi connectivity index (χ4v) is 2.01. The second-order valence-electron chi connectivity index (χ2n) is 5.83. The van der Waals surface area contributed by atoms with Crippen LogP contribution in [-0.2, 0) is 6.54 Å². The molecule has 1 aromatic heterocycles. The maximum absolute atomic E-state index is 4.04. The van der Waals surface area contributed by atoms with Crippen LogP contribution in [0.1, 0.15) is 52.1 Å². The molecule has 0 spiro atoms. The third kappa shape index (κ3) is 5.87. The van der Waals surface area contributed by atoms with Crippen LogP contribution in [0, 0.1) is 5.41 Å². The van der Waals surface area contributed by atoms with E-state index in [2.05, 4.69) is 42.7 Å². The summed E-state index contributed by atoms with van der Waals surface area (Å²) >= 11 is 0. The molecule has 0 fully saturated rings. The molecule has 0 aliphatic rings. The van der Waals surface area contributed by atoms with Gasteiger partial charge in [0, 0.05) is 18.4 Å². The predicted molar refractivity (Wildman–Crippen MR) is 72.8 cm³/mol. The molecule has 1 N–H and O–H groups in total. The highest BCUT2D eigenvalue weighted by atomic mass is 15.1. The highest BCUT2D eigenvalue weighted by Crippen LogP contribution is 2.27. The molecule has 0 aliphatic carbocycles. The zero-order chi connectivity index (χ0) is 12.7. The van der Waals surface area contributed by atoms with Crippen molar-refractivity contribution in [2.75, 3.05) is 13.6 Å². The van der Waals surface area contributed by atoms with E-state index >= 15 is 0 Å². The minimum absolute atomic E-state index is 0.470. The van der Waals surface area contributed by atoms with Gasteiger partial charge in [0.1, 0.15) is 0 Å². The van der Waals surface area contributed by atoms with Gasteiger partial charge in [-0.1, -0.05) is 33.6 Å². The Bertz CT molecular complexity index is 290. The molecule has 0 atom stereocenters. The molecular weight excluding hydrogens is 210 g/mol. The Balaban J connectivity index is 2.24. The van der Waals surface area contributed by atoms with Crippen molar-refractivity contribution in [2.45, 2.75) is 53.0 Å². The van der Waals surface area contributed by atoms with E-state index in [1.807, 2.05) is 6.20 Å². The summed E-state index contributed by atoms with van der Waals surface area (Å²) in [5.41, 5.74) is 1.66. The van der Waals surface area contributed by atoms with Gasteiger partial charge in [-0.25, -0.2) is 4.98 Å². The molecule has 0 amide bonds. The Hall–Kier alpha value is -0.830. The van der Waals surface area contributed by atoms with Gasteiger partial charge in [0.25, 0.3) is 0 Å². The summed E-state index contributed by atoms with van der Waals surface area (Å²) in [7, 11) is 2.18. The first-order valence-electron chi connectivity index (χ1n) is 6.69. The van der Waals surface area contributed by atoms with Crippen molar-refractivity contribution in [3.05, 3.63) is 18.2 Å². The van der Waals surface area contributed by atoms with E-state index in [1.54, 1.807) is 6.33 Å². The van der Waals surface area contributed by atoms with Crippen LogP contribution in [0.5, 0.6) is 0 Å². The lowest BCUT2D eigenvalue weighted by atomic mass is 9.84. The number of unbranched alkanes of at least 4 members (excludes halogenated alkanes) is 1. The van der Waals surface area contributed by atoms with E-state index in [1.165, 1.54) is 31.4 Å². The number of H-pyrrole nitrogens is 1. The van der Waals surface area contributed by atoms with Crippen LogP contribution in [0.3, 0.4) is 0 Å². The molecule has 0 aromatic carbocycles. The molecule has 0 bridgehead atoms. The van der Waals surface area contributed by atoms with Gasteiger partial charge in [-0.15, -0.1) is 0 Å². The lowest BCUT2D eigenvalue weighted by Gasteiger charge is -2.27.